The molecule has 0 aromatic carbocycles. The Bertz CT molecular complexity index is 316. The van der Waals surface area contributed by atoms with Crippen LogP contribution >= 0.6 is 22.9 Å². The number of hydrogen-bond acceptors (Lipinski definition) is 3. The lowest BCUT2D eigenvalue weighted by Crippen LogP contribution is -2.31. The van der Waals surface area contributed by atoms with Crippen molar-refractivity contribution in [3.8, 4) is 0 Å². The van der Waals surface area contributed by atoms with E-state index < -0.39 is 0 Å². The van der Waals surface area contributed by atoms with E-state index in [1.165, 1.54) is 11.3 Å². The van der Waals surface area contributed by atoms with Crippen LogP contribution in [0.1, 0.15) is 38.0 Å². The number of halogens is 1. The van der Waals surface area contributed by atoms with Crippen molar-refractivity contribution in [1.29, 1.82) is 0 Å². The second kappa shape index (κ2) is 9.79. The van der Waals surface area contributed by atoms with Crippen molar-refractivity contribution in [2.45, 2.75) is 45.6 Å². The van der Waals surface area contributed by atoms with Crippen molar-refractivity contribution < 1.29 is 4.74 Å². The Labute approximate surface area is 120 Å². The van der Waals surface area contributed by atoms with Gasteiger partial charge in [-0.15, -0.1) is 11.3 Å². The fourth-order valence-electron chi connectivity index (χ4n) is 1.91. The molecular weight excluding hydrogens is 266 g/mol. The van der Waals surface area contributed by atoms with Gasteiger partial charge in [-0.25, -0.2) is 0 Å². The van der Waals surface area contributed by atoms with E-state index in [1.807, 2.05) is 13.0 Å². The van der Waals surface area contributed by atoms with Crippen LogP contribution in [-0.2, 0) is 11.2 Å². The fraction of sp³-hybridized carbons (Fsp3) is 0.714. The van der Waals surface area contributed by atoms with Crippen molar-refractivity contribution in [3.63, 3.8) is 0 Å². The van der Waals surface area contributed by atoms with Gasteiger partial charge in [0.05, 0.1) is 4.34 Å². The van der Waals surface area contributed by atoms with Crippen LogP contribution in [0.3, 0.4) is 0 Å². The van der Waals surface area contributed by atoms with Crippen LogP contribution in [0, 0.1) is 0 Å². The second-order valence-corrected chi connectivity index (χ2v) is 6.20. The molecule has 0 radical (unpaired) electrons. The maximum absolute atomic E-state index is 5.97. The molecule has 1 aromatic heterocycles. The zero-order valence-corrected chi connectivity index (χ0v) is 12.9. The topological polar surface area (TPSA) is 21.3 Å². The molecule has 0 fully saturated rings. The Morgan fingerprint density at radius 3 is 2.83 bits per heavy atom. The van der Waals surface area contributed by atoms with Gasteiger partial charge in [-0.1, -0.05) is 18.5 Å². The summed E-state index contributed by atoms with van der Waals surface area (Å²) >= 11 is 7.66. The molecule has 2 nitrogen and oxygen atoms in total. The Hall–Kier alpha value is -0.0900. The van der Waals surface area contributed by atoms with Crippen LogP contribution in [0.25, 0.3) is 0 Å². The Morgan fingerprint density at radius 2 is 2.22 bits per heavy atom. The van der Waals surface area contributed by atoms with Gasteiger partial charge in [0, 0.05) is 24.1 Å². The molecule has 1 unspecified atom stereocenters. The summed E-state index contributed by atoms with van der Waals surface area (Å²) in [4.78, 5) is 1.37. The predicted molar refractivity (Wildman–Crippen MR) is 80.8 cm³/mol. The van der Waals surface area contributed by atoms with Crippen LogP contribution in [0.5, 0.6) is 0 Å². The van der Waals surface area contributed by atoms with Crippen molar-refractivity contribution in [3.05, 3.63) is 21.3 Å². The predicted octanol–water partition coefficient (Wildman–Crippen LogP) is 4.13. The number of thiophene rings is 1. The normalized spacial score (nSPS) is 12.8. The summed E-state index contributed by atoms with van der Waals surface area (Å²) in [6, 6.07) is 4.66. The highest BCUT2D eigenvalue weighted by atomic mass is 35.5. The Morgan fingerprint density at radius 1 is 1.39 bits per heavy atom. The summed E-state index contributed by atoms with van der Waals surface area (Å²) in [5.74, 6) is 0. The van der Waals surface area contributed by atoms with E-state index >= 15 is 0 Å². The van der Waals surface area contributed by atoms with E-state index in [4.69, 9.17) is 16.3 Å². The smallest absolute Gasteiger partial charge is 0.0931 e. The first-order chi connectivity index (χ1) is 8.76. The molecule has 4 heteroatoms. The lowest BCUT2D eigenvalue weighted by Gasteiger charge is -2.17. The Kier molecular flexibility index (Phi) is 8.68. The van der Waals surface area contributed by atoms with Gasteiger partial charge in [-0.3, -0.25) is 0 Å². The summed E-state index contributed by atoms with van der Waals surface area (Å²) in [7, 11) is 0. The highest BCUT2D eigenvalue weighted by Gasteiger charge is 2.10. The van der Waals surface area contributed by atoms with E-state index in [2.05, 4.69) is 18.3 Å². The molecule has 0 spiro atoms. The molecule has 0 aliphatic carbocycles. The number of rotatable bonds is 10. The molecule has 1 N–H and O–H groups in total. The second-order valence-electron chi connectivity index (χ2n) is 4.40. The molecule has 0 bridgehead atoms. The summed E-state index contributed by atoms with van der Waals surface area (Å²) in [6.07, 6.45) is 4.53. The molecule has 0 saturated carbocycles. The van der Waals surface area contributed by atoms with Crippen molar-refractivity contribution in [2.75, 3.05) is 19.8 Å². The Balaban J connectivity index is 2.34. The van der Waals surface area contributed by atoms with Gasteiger partial charge in [-0.05, 0) is 51.3 Å². The third kappa shape index (κ3) is 6.74. The zero-order chi connectivity index (χ0) is 13.2. The van der Waals surface area contributed by atoms with Crippen LogP contribution < -0.4 is 5.32 Å². The third-order valence-electron chi connectivity index (χ3n) is 2.80. The molecule has 1 rings (SSSR count). The van der Waals surface area contributed by atoms with Gasteiger partial charge in [0.15, 0.2) is 0 Å². The van der Waals surface area contributed by atoms with Crippen LogP contribution in [0.15, 0.2) is 12.1 Å². The average molecular weight is 290 g/mol. The summed E-state index contributed by atoms with van der Waals surface area (Å²) in [5, 5.41) is 3.61. The largest absolute Gasteiger partial charge is 0.382 e. The van der Waals surface area contributed by atoms with Gasteiger partial charge in [0.25, 0.3) is 0 Å². The van der Waals surface area contributed by atoms with E-state index in [9.17, 15) is 0 Å². The van der Waals surface area contributed by atoms with Crippen LogP contribution in [0.2, 0.25) is 4.34 Å². The summed E-state index contributed by atoms with van der Waals surface area (Å²) < 4.78 is 6.28. The van der Waals surface area contributed by atoms with Crippen molar-refractivity contribution in [1.82, 2.24) is 5.32 Å². The molecule has 1 atom stereocenters. The molecule has 0 aliphatic rings. The van der Waals surface area contributed by atoms with Gasteiger partial charge < -0.3 is 10.1 Å². The van der Waals surface area contributed by atoms with Crippen molar-refractivity contribution >= 4 is 22.9 Å². The number of hydrogen-bond donors (Lipinski definition) is 1. The minimum atomic E-state index is 0.542. The lowest BCUT2D eigenvalue weighted by molar-refractivity contribution is 0.140. The highest BCUT2D eigenvalue weighted by Crippen LogP contribution is 2.23. The minimum Gasteiger partial charge on any atom is -0.382 e. The average Bonchev–Trinajstić information content (AvgIpc) is 2.77. The molecule has 104 valence electrons. The molecule has 0 aliphatic heterocycles. The molecule has 0 saturated heterocycles. The molecule has 18 heavy (non-hydrogen) atoms. The standard InChI is InChI=1S/C14H24ClNOS/c1-3-9-16-12(6-5-10-17-4-2)11-13-7-8-14(15)18-13/h7-8,12,16H,3-6,9-11H2,1-2H3. The molecular formula is C14H24ClNOS. The maximum atomic E-state index is 5.97. The van der Waals surface area contributed by atoms with Gasteiger partial charge in [0.2, 0.25) is 0 Å². The molecule has 1 heterocycles. The van der Waals surface area contributed by atoms with Crippen molar-refractivity contribution in [2.24, 2.45) is 0 Å². The zero-order valence-electron chi connectivity index (χ0n) is 11.4. The van der Waals surface area contributed by atoms with Gasteiger partial charge in [0.1, 0.15) is 0 Å². The lowest BCUT2D eigenvalue weighted by atomic mass is 10.1. The van der Waals surface area contributed by atoms with E-state index in [-0.39, 0.29) is 0 Å². The van der Waals surface area contributed by atoms with E-state index in [1.54, 1.807) is 11.3 Å². The first-order valence-electron chi connectivity index (χ1n) is 6.81. The highest BCUT2D eigenvalue weighted by molar-refractivity contribution is 7.16. The third-order valence-corrected chi connectivity index (χ3v) is 4.06. The van der Waals surface area contributed by atoms with Gasteiger partial charge in [-0.2, -0.15) is 0 Å². The number of ether oxygens (including phenoxy) is 1. The fourth-order valence-corrected chi connectivity index (χ4v) is 3.07. The quantitative estimate of drug-likeness (QED) is 0.654. The number of nitrogens with one attached hydrogen (secondary N) is 1. The molecule has 1 aromatic rings. The first-order valence-corrected chi connectivity index (χ1v) is 8.01. The summed E-state index contributed by atoms with van der Waals surface area (Å²) in [5.41, 5.74) is 0. The van der Waals surface area contributed by atoms with Crippen LogP contribution in [-0.4, -0.2) is 25.8 Å². The van der Waals surface area contributed by atoms with E-state index in [0.717, 1.165) is 43.4 Å². The minimum absolute atomic E-state index is 0.542. The van der Waals surface area contributed by atoms with Crippen LogP contribution in [0.4, 0.5) is 0 Å². The SMILES string of the molecule is CCCNC(CCCOCC)Cc1ccc(Cl)s1. The van der Waals surface area contributed by atoms with Gasteiger partial charge >= 0.3 is 0 Å². The first kappa shape index (κ1) is 16.0. The maximum Gasteiger partial charge on any atom is 0.0931 e. The summed E-state index contributed by atoms with van der Waals surface area (Å²) in [6.45, 7) is 7.00. The van der Waals surface area contributed by atoms with E-state index in [0.29, 0.717) is 6.04 Å². The monoisotopic (exact) mass is 289 g/mol. The molecule has 0 amide bonds.